The number of anilines is 1. The molecular weight excluding hydrogens is 203 g/mol. The van der Waals surface area contributed by atoms with Crippen LogP contribution in [0.2, 0.25) is 0 Å². The number of benzene rings is 1. The molecule has 1 aromatic rings. The van der Waals surface area contributed by atoms with E-state index in [4.69, 9.17) is 5.73 Å². The van der Waals surface area contributed by atoms with E-state index < -0.39 is 0 Å². The number of hydrogen-bond donors (Lipinski definition) is 1. The summed E-state index contributed by atoms with van der Waals surface area (Å²) in [5.41, 5.74) is 7.14. The van der Waals surface area contributed by atoms with Crippen LogP contribution in [0.15, 0.2) is 18.2 Å². The molecule has 0 aromatic heterocycles. The molecule has 1 aliphatic carbocycles. The van der Waals surface area contributed by atoms with Crippen molar-refractivity contribution in [3.63, 3.8) is 0 Å². The lowest BCUT2D eigenvalue weighted by molar-refractivity contribution is 0.540. The SMILES string of the molecule is NCc1ccc(N2CC3CCC2C3)c(F)c1. The van der Waals surface area contributed by atoms with Gasteiger partial charge in [0.2, 0.25) is 0 Å². The molecule has 1 aliphatic heterocycles. The standard InChI is InChI=1S/C13H17FN2/c14-12-6-9(7-15)2-4-13(12)16-8-10-1-3-11(16)5-10/h2,4,6,10-11H,1,3,5,7-8,15H2. The lowest BCUT2D eigenvalue weighted by Crippen LogP contribution is -2.32. The molecule has 2 N–H and O–H groups in total. The molecule has 2 bridgehead atoms. The van der Waals surface area contributed by atoms with Crippen LogP contribution in [0.4, 0.5) is 10.1 Å². The first-order chi connectivity index (χ1) is 7.78. The van der Waals surface area contributed by atoms with E-state index in [0.29, 0.717) is 12.6 Å². The van der Waals surface area contributed by atoms with Crippen molar-refractivity contribution in [3.8, 4) is 0 Å². The van der Waals surface area contributed by atoms with Crippen LogP contribution in [0.25, 0.3) is 0 Å². The second-order valence-electron chi connectivity index (χ2n) is 4.98. The van der Waals surface area contributed by atoms with Gasteiger partial charge in [0.05, 0.1) is 5.69 Å². The maximum Gasteiger partial charge on any atom is 0.146 e. The minimum absolute atomic E-state index is 0.115. The molecule has 1 saturated carbocycles. The van der Waals surface area contributed by atoms with Crippen LogP contribution < -0.4 is 10.6 Å². The zero-order chi connectivity index (χ0) is 11.1. The van der Waals surface area contributed by atoms with Crippen LogP contribution in [0, 0.1) is 11.7 Å². The summed E-state index contributed by atoms with van der Waals surface area (Å²) in [5, 5.41) is 0. The van der Waals surface area contributed by atoms with E-state index in [2.05, 4.69) is 4.90 Å². The molecular formula is C13H17FN2. The highest BCUT2D eigenvalue weighted by molar-refractivity contribution is 5.51. The minimum atomic E-state index is -0.115. The Morgan fingerprint density at radius 3 is 2.81 bits per heavy atom. The van der Waals surface area contributed by atoms with Gasteiger partial charge in [0.25, 0.3) is 0 Å². The van der Waals surface area contributed by atoms with E-state index in [-0.39, 0.29) is 5.82 Å². The molecule has 1 aromatic carbocycles. The first kappa shape index (κ1) is 10.1. The second-order valence-corrected chi connectivity index (χ2v) is 4.98. The van der Waals surface area contributed by atoms with Crippen LogP contribution in [0.3, 0.4) is 0 Å². The van der Waals surface area contributed by atoms with Gasteiger partial charge in [0, 0.05) is 19.1 Å². The Morgan fingerprint density at radius 2 is 2.25 bits per heavy atom. The van der Waals surface area contributed by atoms with Crippen molar-refractivity contribution >= 4 is 5.69 Å². The lowest BCUT2D eigenvalue weighted by atomic mass is 10.1. The molecule has 0 spiro atoms. The Labute approximate surface area is 95.2 Å². The van der Waals surface area contributed by atoms with Crippen LogP contribution in [0.5, 0.6) is 0 Å². The Morgan fingerprint density at radius 1 is 1.38 bits per heavy atom. The van der Waals surface area contributed by atoms with Crippen molar-refractivity contribution in [1.29, 1.82) is 0 Å². The summed E-state index contributed by atoms with van der Waals surface area (Å²) in [6, 6.07) is 5.97. The zero-order valence-electron chi connectivity index (χ0n) is 9.32. The summed E-state index contributed by atoms with van der Waals surface area (Å²) in [7, 11) is 0. The first-order valence-corrected chi connectivity index (χ1v) is 6.03. The molecule has 2 atom stereocenters. The van der Waals surface area contributed by atoms with E-state index in [9.17, 15) is 4.39 Å². The van der Waals surface area contributed by atoms with Gasteiger partial charge in [-0.15, -0.1) is 0 Å². The Balaban J connectivity index is 1.89. The maximum atomic E-state index is 13.9. The van der Waals surface area contributed by atoms with E-state index in [1.54, 1.807) is 6.07 Å². The highest BCUT2D eigenvalue weighted by Gasteiger charge is 2.38. The van der Waals surface area contributed by atoms with Crippen molar-refractivity contribution in [2.24, 2.45) is 11.7 Å². The number of fused-ring (bicyclic) bond motifs is 2. The Kier molecular flexibility index (Phi) is 2.36. The molecule has 0 amide bonds. The van der Waals surface area contributed by atoms with E-state index in [1.807, 2.05) is 12.1 Å². The zero-order valence-corrected chi connectivity index (χ0v) is 9.32. The molecule has 3 heteroatoms. The smallest absolute Gasteiger partial charge is 0.146 e. The van der Waals surface area contributed by atoms with Crippen molar-refractivity contribution in [2.45, 2.75) is 31.8 Å². The van der Waals surface area contributed by atoms with Crippen LogP contribution in [0.1, 0.15) is 24.8 Å². The highest BCUT2D eigenvalue weighted by Crippen LogP contribution is 2.40. The minimum Gasteiger partial charge on any atom is -0.366 e. The molecule has 3 rings (SSSR count). The Hall–Kier alpha value is -1.09. The molecule has 1 saturated heterocycles. The van der Waals surface area contributed by atoms with Gasteiger partial charge in [-0.3, -0.25) is 0 Å². The van der Waals surface area contributed by atoms with Crippen molar-refractivity contribution in [3.05, 3.63) is 29.6 Å². The molecule has 0 radical (unpaired) electrons. The normalized spacial score (nSPS) is 27.8. The maximum absolute atomic E-state index is 13.9. The summed E-state index contributed by atoms with van der Waals surface area (Å²) >= 11 is 0. The summed E-state index contributed by atoms with van der Waals surface area (Å²) in [6.45, 7) is 1.44. The molecule has 86 valence electrons. The third-order valence-corrected chi connectivity index (χ3v) is 3.97. The van der Waals surface area contributed by atoms with Crippen LogP contribution in [-0.2, 0) is 6.54 Å². The third-order valence-electron chi connectivity index (χ3n) is 3.97. The second kappa shape index (κ2) is 3.74. The van der Waals surface area contributed by atoms with Gasteiger partial charge in [0.15, 0.2) is 0 Å². The largest absolute Gasteiger partial charge is 0.366 e. The van der Waals surface area contributed by atoms with Gasteiger partial charge in [-0.25, -0.2) is 4.39 Å². The van der Waals surface area contributed by atoms with Gasteiger partial charge in [-0.05, 0) is 42.9 Å². The van der Waals surface area contributed by atoms with Gasteiger partial charge in [-0.1, -0.05) is 6.07 Å². The van der Waals surface area contributed by atoms with Gasteiger partial charge >= 0.3 is 0 Å². The van der Waals surface area contributed by atoms with Gasteiger partial charge in [0.1, 0.15) is 5.82 Å². The third kappa shape index (κ3) is 1.50. The summed E-state index contributed by atoms with van der Waals surface area (Å²) in [4.78, 5) is 2.24. The molecule has 2 fully saturated rings. The van der Waals surface area contributed by atoms with Crippen LogP contribution >= 0.6 is 0 Å². The lowest BCUT2D eigenvalue weighted by Gasteiger charge is -2.29. The average molecular weight is 220 g/mol. The molecule has 2 aliphatic rings. The molecule has 1 heterocycles. The predicted molar refractivity (Wildman–Crippen MR) is 62.8 cm³/mol. The van der Waals surface area contributed by atoms with E-state index >= 15 is 0 Å². The number of nitrogens with two attached hydrogens (primary N) is 1. The molecule has 16 heavy (non-hydrogen) atoms. The van der Waals surface area contributed by atoms with Crippen molar-refractivity contribution in [1.82, 2.24) is 0 Å². The molecule has 2 nitrogen and oxygen atoms in total. The number of halogens is 1. The fraction of sp³-hybridized carbons (Fsp3) is 0.538. The van der Waals surface area contributed by atoms with Gasteiger partial charge in [-0.2, -0.15) is 0 Å². The number of rotatable bonds is 2. The first-order valence-electron chi connectivity index (χ1n) is 6.03. The number of hydrogen-bond acceptors (Lipinski definition) is 2. The molecule has 2 unspecified atom stereocenters. The summed E-state index contributed by atoms with van der Waals surface area (Å²) < 4.78 is 13.9. The highest BCUT2D eigenvalue weighted by atomic mass is 19.1. The average Bonchev–Trinajstić information content (AvgIpc) is 2.90. The number of piperidine rings is 1. The summed E-state index contributed by atoms with van der Waals surface area (Å²) in [5.74, 6) is 0.675. The van der Waals surface area contributed by atoms with Crippen molar-refractivity contribution in [2.75, 3.05) is 11.4 Å². The van der Waals surface area contributed by atoms with E-state index in [1.165, 1.54) is 19.3 Å². The van der Waals surface area contributed by atoms with Gasteiger partial charge < -0.3 is 10.6 Å². The Bertz CT molecular complexity index is 405. The fourth-order valence-electron chi connectivity index (χ4n) is 3.13. The topological polar surface area (TPSA) is 29.3 Å². The monoisotopic (exact) mass is 220 g/mol. The fourth-order valence-corrected chi connectivity index (χ4v) is 3.13. The summed E-state index contributed by atoms with van der Waals surface area (Å²) in [6.07, 6.45) is 3.80. The van der Waals surface area contributed by atoms with E-state index in [0.717, 1.165) is 23.7 Å². The quantitative estimate of drug-likeness (QED) is 0.828. The number of nitrogens with zero attached hydrogens (tertiary/aromatic N) is 1. The predicted octanol–water partition coefficient (Wildman–Crippen LogP) is 2.27. The van der Waals surface area contributed by atoms with Crippen LogP contribution in [-0.4, -0.2) is 12.6 Å². The van der Waals surface area contributed by atoms with Crippen molar-refractivity contribution < 1.29 is 4.39 Å².